The molecule has 0 fully saturated rings. The molecular formula is C11H12O3. The molecule has 0 aromatic heterocycles. The van der Waals surface area contributed by atoms with Crippen LogP contribution < -0.4 is 0 Å². The van der Waals surface area contributed by atoms with Gasteiger partial charge in [-0.05, 0) is 11.1 Å². The summed E-state index contributed by atoms with van der Waals surface area (Å²) in [5.41, 5.74) is 1.99. The maximum absolute atomic E-state index is 10.2. The summed E-state index contributed by atoms with van der Waals surface area (Å²) >= 11 is 0. The molecule has 0 unspecified atom stereocenters. The van der Waals surface area contributed by atoms with Gasteiger partial charge in [-0.2, -0.15) is 0 Å². The van der Waals surface area contributed by atoms with Crippen LogP contribution in [0.15, 0.2) is 30.8 Å². The molecule has 0 aliphatic carbocycles. The number of hydrogen-bond acceptors (Lipinski definition) is 2. The Bertz CT molecular complexity index is 314. The Balaban J connectivity index is 2.43. The van der Waals surface area contributed by atoms with Crippen LogP contribution in [-0.4, -0.2) is 17.7 Å². The summed E-state index contributed by atoms with van der Waals surface area (Å²) < 4.78 is 4.93. The highest BCUT2D eigenvalue weighted by molar-refractivity contribution is 5.68. The van der Waals surface area contributed by atoms with E-state index in [0.717, 1.165) is 11.1 Å². The summed E-state index contributed by atoms with van der Waals surface area (Å²) in [6.45, 7) is 3.70. The monoisotopic (exact) mass is 192 g/mol. The average Bonchev–Trinajstić information content (AvgIpc) is 2.18. The van der Waals surface area contributed by atoms with E-state index in [1.54, 1.807) is 6.08 Å². The number of benzene rings is 1. The Morgan fingerprint density at radius 2 is 2.07 bits per heavy atom. The summed E-state index contributed by atoms with van der Waals surface area (Å²) in [4.78, 5) is 10.2. The highest BCUT2D eigenvalue weighted by Crippen LogP contribution is 2.06. The van der Waals surface area contributed by atoms with Gasteiger partial charge in [0, 0.05) is 0 Å². The third-order valence-corrected chi connectivity index (χ3v) is 1.71. The first kappa shape index (κ1) is 10.5. The molecule has 3 nitrogen and oxygen atoms in total. The van der Waals surface area contributed by atoms with E-state index in [9.17, 15) is 4.79 Å². The zero-order valence-corrected chi connectivity index (χ0v) is 7.77. The first-order valence-corrected chi connectivity index (χ1v) is 4.23. The molecule has 74 valence electrons. The van der Waals surface area contributed by atoms with Crippen LogP contribution in [0.4, 0.5) is 0 Å². The van der Waals surface area contributed by atoms with Crippen LogP contribution in [0, 0.1) is 0 Å². The quantitative estimate of drug-likeness (QED) is 0.775. The molecule has 0 saturated carbocycles. The van der Waals surface area contributed by atoms with Gasteiger partial charge in [-0.1, -0.05) is 36.9 Å². The van der Waals surface area contributed by atoms with Crippen LogP contribution in [-0.2, 0) is 16.1 Å². The fourth-order valence-corrected chi connectivity index (χ4v) is 1.01. The Kier molecular flexibility index (Phi) is 3.88. The van der Waals surface area contributed by atoms with Crippen molar-refractivity contribution in [3.63, 3.8) is 0 Å². The molecule has 1 aromatic carbocycles. The molecule has 1 N–H and O–H groups in total. The first-order valence-electron chi connectivity index (χ1n) is 4.23. The van der Waals surface area contributed by atoms with Gasteiger partial charge in [-0.3, -0.25) is 0 Å². The number of rotatable bonds is 5. The predicted octanol–water partition coefficient (Wildman–Crippen LogP) is 1.93. The smallest absolute Gasteiger partial charge is 0.329 e. The molecule has 3 heteroatoms. The fraction of sp³-hybridized carbons (Fsp3) is 0.182. The maximum atomic E-state index is 10.2. The first-order chi connectivity index (χ1) is 6.72. The van der Waals surface area contributed by atoms with E-state index in [1.165, 1.54) is 0 Å². The van der Waals surface area contributed by atoms with Crippen LogP contribution in [0.2, 0.25) is 0 Å². The van der Waals surface area contributed by atoms with Crippen LogP contribution in [0.5, 0.6) is 0 Å². The van der Waals surface area contributed by atoms with E-state index in [0.29, 0.717) is 6.61 Å². The van der Waals surface area contributed by atoms with E-state index in [2.05, 4.69) is 6.58 Å². The van der Waals surface area contributed by atoms with Crippen molar-refractivity contribution in [2.75, 3.05) is 6.61 Å². The van der Waals surface area contributed by atoms with Crippen molar-refractivity contribution in [3.05, 3.63) is 42.0 Å². The summed E-state index contributed by atoms with van der Waals surface area (Å²) in [7, 11) is 0. The highest BCUT2D eigenvalue weighted by Gasteiger charge is 1.97. The van der Waals surface area contributed by atoms with E-state index in [-0.39, 0.29) is 6.61 Å². The third kappa shape index (κ3) is 3.41. The molecule has 0 bridgehead atoms. The third-order valence-electron chi connectivity index (χ3n) is 1.71. The molecule has 0 spiro atoms. The van der Waals surface area contributed by atoms with Crippen molar-refractivity contribution in [1.29, 1.82) is 0 Å². The lowest BCUT2D eigenvalue weighted by Crippen LogP contribution is -2.06. The van der Waals surface area contributed by atoms with Crippen molar-refractivity contribution in [3.8, 4) is 0 Å². The van der Waals surface area contributed by atoms with Crippen molar-refractivity contribution < 1.29 is 14.6 Å². The molecule has 0 heterocycles. The van der Waals surface area contributed by atoms with Gasteiger partial charge in [-0.25, -0.2) is 4.79 Å². The summed E-state index contributed by atoms with van der Waals surface area (Å²) in [6, 6.07) is 7.59. The Hall–Kier alpha value is -1.61. The van der Waals surface area contributed by atoms with Crippen molar-refractivity contribution >= 4 is 12.0 Å². The number of ether oxygens (including phenoxy) is 1. The minimum atomic E-state index is -0.951. The molecule has 0 amide bonds. The summed E-state index contributed by atoms with van der Waals surface area (Å²) in [5, 5.41) is 8.34. The topological polar surface area (TPSA) is 46.5 Å². The molecule has 1 rings (SSSR count). The van der Waals surface area contributed by atoms with Gasteiger partial charge in [0.2, 0.25) is 0 Å². The molecular weight excluding hydrogens is 180 g/mol. The van der Waals surface area contributed by atoms with Gasteiger partial charge in [-0.15, -0.1) is 0 Å². The number of carboxylic acids is 1. The fourth-order valence-electron chi connectivity index (χ4n) is 1.01. The van der Waals surface area contributed by atoms with E-state index >= 15 is 0 Å². The number of hydrogen-bond donors (Lipinski definition) is 1. The number of carboxylic acid groups (broad SMARTS) is 1. The molecule has 0 aliphatic heterocycles. The highest BCUT2D eigenvalue weighted by atomic mass is 16.5. The van der Waals surface area contributed by atoms with E-state index in [4.69, 9.17) is 9.84 Å². The van der Waals surface area contributed by atoms with E-state index < -0.39 is 5.97 Å². The second kappa shape index (κ2) is 5.19. The average molecular weight is 192 g/mol. The Morgan fingerprint density at radius 1 is 1.43 bits per heavy atom. The molecule has 0 radical (unpaired) electrons. The summed E-state index contributed by atoms with van der Waals surface area (Å²) in [5.74, 6) is -0.951. The molecule has 0 atom stereocenters. The number of aliphatic carboxylic acids is 1. The van der Waals surface area contributed by atoms with Crippen LogP contribution >= 0.6 is 0 Å². The van der Waals surface area contributed by atoms with Gasteiger partial charge in [0.25, 0.3) is 0 Å². The molecule has 0 saturated heterocycles. The lowest BCUT2D eigenvalue weighted by atomic mass is 10.1. The largest absolute Gasteiger partial charge is 0.480 e. The minimum absolute atomic E-state index is 0.261. The normalized spacial score (nSPS) is 9.71. The second-order valence-electron chi connectivity index (χ2n) is 2.83. The van der Waals surface area contributed by atoms with Gasteiger partial charge >= 0.3 is 5.97 Å². The van der Waals surface area contributed by atoms with Gasteiger partial charge in [0.1, 0.15) is 6.61 Å². The Morgan fingerprint density at radius 3 is 2.57 bits per heavy atom. The van der Waals surface area contributed by atoms with Crippen LogP contribution in [0.1, 0.15) is 11.1 Å². The molecule has 14 heavy (non-hydrogen) atoms. The Labute approximate surface area is 82.6 Å². The van der Waals surface area contributed by atoms with Crippen LogP contribution in [0.3, 0.4) is 0 Å². The predicted molar refractivity (Wildman–Crippen MR) is 53.8 cm³/mol. The zero-order chi connectivity index (χ0) is 10.4. The maximum Gasteiger partial charge on any atom is 0.329 e. The second-order valence-corrected chi connectivity index (χ2v) is 2.83. The van der Waals surface area contributed by atoms with Gasteiger partial charge in [0.05, 0.1) is 6.61 Å². The minimum Gasteiger partial charge on any atom is -0.480 e. The number of carbonyl (C=O) groups is 1. The lowest BCUT2D eigenvalue weighted by Gasteiger charge is -2.01. The standard InChI is InChI=1S/C11H12O3/c1-2-9-3-5-10(6-4-9)7-14-8-11(12)13/h2-6H,1,7-8H2,(H,12,13). The molecule has 1 aromatic rings. The van der Waals surface area contributed by atoms with Gasteiger partial charge in [0.15, 0.2) is 0 Å². The van der Waals surface area contributed by atoms with Gasteiger partial charge < -0.3 is 9.84 Å². The van der Waals surface area contributed by atoms with Crippen molar-refractivity contribution in [2.45, 2.75) is 6.61 Å². The SMILES string of the molecule is C=Cc1ccc(COCC(=O)O)cc1. The van der Waals surface area contributed by atoms with E-state index in [1.807, 2.05) is 24.3 Å². The van der Waals surface area contributed by atoms with Crippen molar-refractivity contribution in [2.24, 2.45) is 0 Å². The molecule has 0 aliphatic rings. The van der Waals surface area contributed by atoms with Crippen molar-refractivity contribution in [1.82, 2.24) is 0 Å². The lowest BCUT2D eigenvalue weighted by molar-refractivity contribution is -0.142. The van der Waals surface area contributed by atoms with Crippen LogP contribution in [0.25, 0.3) is 6.08 Å². The zero-order valence-electron chi connectivity index (χ0n) is 7.77. The summed E-state index contributed by atoms with van der Waals surface area (Å²) in [6.07, 6.45) is 1.75.